The van der Waals surface area contributed by atoms with Gasteiger partial charge in [-0.3, -0.25) is 9.79 Å². The number of aromatic hydroxyl groups is 1. The summed E-state index contributed by atoms with van der Waals surface area (Å²) in [6.07, 6.45) is 3.46. The summed E-state index contributed by atoms with van der Waals surface area (Å²) in [5, 5.41) is 18.9. The minimum atomic E-state index is -0.161. The number of nitrogens with zero attached hydrogens (tertiary/aromatic N) is 2. The summed E-state index contributed by atoms with van der Waals surface area (Å²) < 4.78 is 0. The zero-order chi connectivity index (χ0) is 19.5. The highest BCUT2D eigenvalue weighted by Gasteiger charge is 2.19. The molecule has 0 radical (unpaired) electrons. The fraction of sp³-hybridized carbons (Fsp3) is 0.600. The lowest BCUT2D eigenvalue weighted by atomic mass is 10.1. The second-order valence-electron chi connectivity index (χ2n) is 6.82. The molecule has 1 aliphatic rings. The molecule has 0 bridgehead atoms. The molecule has 1 aromatic carbocycles. The van der Waals surface area contributed by atoms with Crippen molar-refractivity contribution >= 4 is 11.9 Å². The van der Waals surface area contributed by atoms with Crippen molar-refractivity contribution in [3.63, 3.8) is 0 Å². The maximum absolute atomic E-state index is 12.1. The van der Waals surface area contributed by atoms with E-state index in [-0.39, 0.29) is 11.7 Å². The summed E-state index contributed by atoms with van der Waals surface area (Å²) in [6, 6.07) is 6.66. The first kappa shape index (κ1) is 21.0. The Balaban J connectivity index is 1.74. The van der Waals surface area contributed by atoms with E-state index in [1.54, 1.807) is 12.1 Å². The van der Waals surface area contributed by atoms with E-state index >= 15 is 0 Å². The second-order valence-corrected chi connectivity index (χ2v) is 6.82. The van der Waals surface area contributed by atoms with E-state index in [1.165, 1.54) is 25.1 Å². The topological polar surface area (TPSA) is 89.0 Å². The van der Waals surface area contributed by atoms with E-state index in [0.717, 1.165) is 38.4 Å². The molecule has 7 heteroatoms. The summed E-state index contributed by atoms with van der Waals surface area (Å²) in [5.41, 5.74) is 0.528. The van der Waals surface area contributed by atoms with Gasteiger partial charge in [-0.25, -0.2) is 0 Å². The lowest BCUT2D eigenvalue weighted by Crippen LogP contribution is -2.49. The molecule has 1 heterocycles. The van der Waals surface area contributed by atoms with Crippen LogP contribution in [0, 0.1) is 0 Å². The van der Waals surface area contributed by atoms with Crippen LogP contribution in [0.25, 0.3) is 0 Å². The van der Waals surface area contributed by atoms with Crippen molar-refractivity contribution in [2.24, 2.45) is 4.99 Å². The van der Waals surface area contributed by atoms with Crippen molar-refractivity contribution in [1.29, 1.82) is 0 Å². The predicted octanol–water partition coefficient (Wildman–Crippen LogP) is 1.55. The van der Waals surface area contributed by atoms with Crippen LogP contribution in [0.1, 0.15) is 43.5 Å². The maximum Gasteiger partial charge on any atom is 0.251 e. The first-order chi connectivity index (χ1) is 13.1. The van der Waals surface area contributed by atoms with Crippen LogP contribution in [0.2, 0.25) is 0 Å². The second kappa shape index (κ2) is 11.4. The number of piperidine rings is 1. The van der Waals surface area contributed by atoms with Crippen molar-refractivity contribution in [3.8, 4) is 5.75 Å². The number of hydrogen-bond acceptors (Lipinski definition) is 4. The molecule has 150 valence electrons. The Morgan fingerprint density at radius 2 is 1.89 bits per heavy atom. The molecule has 2 rings (SSSR count). The van der Waals surface area contributed by atoms with Gasteiger partial charge in [0.25, 0.3) is 5.91 Å². The normalized spacial score (nSPS) is 16.1. The van der Waals surface area contributed by atoms with Crippen molar-refractivity contribution < 1.29 is 9.90 Å². The number of nitrogens with one attached hydrogen (secondary N) is 3. The Hall–Kier alpha value is -2.28. The summed E-state index contributed by atoms with van der Waals surface area (Å²) in [7, 11) is 0. The van der Waals surface area contributed by atoms with Crippen molar-refractivity contribution in [2.45, 2.75) is 39.2 Å². The first-order valence-electron chi connectivity index (χ1n) is 9.96. The monoisotopic (exact) mass is 375 g/mol. The molecular formula is C20H33N5O2. The molecule has 0 saturated carbocycles. The van der Waals surface area contributed by atoms with Gasteiger partial charge in [0.1, 0.15) is 5.75 Å². The highest BCUT2D eigenvalue weighted by molar-refractivity contribution is 5.94. The van der Waals surface area contributed by atoms with E-state index < -0.39 is 0 Å². The lowest BCUT2D eigenvalue weighted by molar-refractivity contribution is 0.0955. The molecule has 1 aliphatic heterocycles. The zero-order valence-corrected chi connectivity index (χ0v) is 16.5. The Labute approximate surface area is 162 Å². The molecule has 27 heavy (non-hydrogen) atoms. The third kappa shape index (κ3) is 7.46. The van der Waals surface area contributed by atoms with E-state index in [9.17, 15) is 9.90 Å². The SMILES string of the molecule is CCCN1CCC(NC(=NCCNC(=O)c2ccc(O)cc2)NCC)CC1. The molecule has 7 nitrogen and oxygen atoms in total. The van der Waals surface area contributed by atoms with Crippen molar-refractivity contribution in [2.75, 3.05) is 39.3 Å². The fourth-order valence-corrected chi connectivity index (χ4v) is 3.18. The Morgan fingerprint density at radius 1 is 1.19 bits per heavy atom. The molecule has 0 atom stereocenters. The zero-order valence-electron chi connectivity index (χ0n) is 16.5. The number of guanidine groups is 1. The Morgan fingerprint density at radius 3 is 2.52 bits per heavy atom. The molecule has 0 unspecified atom stereocenters. The number of amides is 1. The van der Waals surface area contributed by atoms with Gasteiger partial charge in [0, 0.05) is 37.8 Å². The van der Waals surface area contributed by atoms with Crippen LogP contribution < -0.4 is 16.0 Å². The predicted molar refractivity (Wildman–Crippen MR) is 109 cm³/mol. The highest BCUT2D eigenvalue weighted by atomic mass is 16.3. The molecule has 1 fully saturated rings. The van der Waals surface area contributed by atoms with Crippen molar-refractivity contribution in [3.05, 3.63) is 29.8 Å². The van der Waals surface area contributed by atoms with Crippen molar-refractivity contribution in [1.82, 2.24) is 20.9 Å². The average molecular weight is 376 g/mol. The number of likely N-dealkylation sites (tertiary alicyclic amines) is 1. The van der Waals surface area contributed by atoms with Gasteiger partial charge in [-0.1, -0.05) is 6.92 Å². The van der Waals surface area contributed by atoms with E-state index in [4.69, 9.17) is 0 Å². The summed E-state index contributed by atoms with van der Waals surface area (Å²) in [4.78, 5) is 19.1. The maximum atomic E-state index is 12.1. The molecule has 1 amide bonds. The number of rotatable bonds is 8. The number of carbonyl (C=O) groups excluding carboxylic acids is 1. The van der Waals surface area contributed by atoms with E-state index in [1.807, 2.05) is 6.92 Å². The molecule has 1 saturated heterocycles. The summed E-state index contributed by atoms with van der Waals surface area (Å²) >= 11 is 0. The minimum absolute atomic E-state index is 0.151. The standard InChI is InChI=1S/C20H33N5O2/c1-3-13-25-14-9-17(10-15-25)24-20(21-4-2)23-12-11-22-19(27)16-5-7-18(26)8-6-16/h5-8,17,26H,3-4,9-15H2,1-2H3,(H,22,27)(H2,21,23,24). The molecule has 0 aliphatic carbocycles. The number of benzene rings is 1. The van der Waals surface area contributed by atoms with Crippen LogP contribution in [0.4, 0.5) is 0 Å². The van der Waals surface area contributed by atoms with Gasteiger partial charge < -0.3 is 26.0 Å². The minimum Gasteiger partial charge on any atom is -0.508 e. The quantitative estimate of drug-likeness (QED) is 0.315. The first-order valence-corrected chi connectivity index (χ1v) is 9.96. The number of phenolic OH excluding ortho intramolecular Hbond substituents is 1. The molecule has 0 aromatic heterocycles. The Kier molecular flexibility index (Phi) is 8.91. The summed E-state index contributed by atoms with van der Waals surface area (Å²) in [5.74, 6) is 0.801. The van der Waals surface area contributed by atoms with Gasteiger partial charge in [0.2, 0.25) is 0 Å². The van der Waals surface area contributed by atoms with Gasteiger partial charge in [-0.15, -0.1) is 0 Å². The largest absolute Gasteiger partial charge is 0.508 e. The van der Waals surface area contributed by atoms with Crippen LogP contribution in [-0.2, 0) is 0 Å². The third-order valence-electron chi connectivity index (χ3n) is 4.61. The van der Waals surface area contributed by atoms with Gasteiger partial charge in [-0.05, 0) is 57.0 Å². The van der Waals surface area contributed by atoms with Gasteiger partial charge in [-0.2, -0.15) is 0 Å². The van der Waals surface area contributed by atoms with Crippen LogP contribution in [-0.4, -0.2) is 67.2 Å². The van der Waals surface area contributed by atoms with Crippen LogP contribution in [0.5, 0.6) is 5.75 Å². The summed E-state index contributed by atoms with van der Waals surface area (Å²) in [6.45, 7) is 9.50. The van der Waals surface area contributed by atoms with Crippen LogP contribution >= 0.6 is 0 Å². The number of carbonyl (C=O) groups is 1. The smallest absolute Gasteiger partial charge is 0.251 e. The Bertz CT molecular complexity index is 595. The molecular weight excluding hydrogens is 342 g/mol. The third-order valence-corrected chi connectivity index (χ3v) is 4.61. The van der Waals surface area contributed by atoms with Gasteiger partial charge >= 0.3 is 0 Å². The number of aliphatic imine (C=N–C) groups is 1. The average Bonchev–Trinajstić information content (AvgIpc) is 2.67. The van der Waals surface area contributed by atoms with E-state index in [2.05, 4.69) is 32.8 Å². The van der Waals surface area contributed by atoms with Gasteiger partial charge in [0.15, 0.2) is 5.96 Å². The molecule has 1 aromatic rings. The van der Waals surface area contributed by atoms with Crippen LogP contribution in [0.15, 0.2) is 29.3 Å². The number of phenols is 1. The molecule has 4 N–H and O–H groups in total. The van der Waals surface area contributed by atoms with E-state index in [0.29, 0.717) is 24.7 Å². The highest BCUT2D eigenvalue weighted by Crippen LogP contribution is 2.10. The van der Waals surface area contributed by atoms with Crippen LogP contribution in [0.3, 0.4) is 0 Å². The fourth-order valence-electron chi connectivity index (χ4n) is 3.18. The lowest BCUT2D eigenvalue weighted by Gasteiger charge is -2.32. The number of hydrogen-bond donors (Lipinski definition) is 4. The molecule has 0 spiro atoms. The van der Waals surface area contributed by atoms with Gasteiger partial charge in [0.05, 0.1) is 6.54 Å².